The Balaban J connectivity index is 6.33. The summed E-state index contributed by atoms with van der Waals surface area (Å²) >= 11 is 0. The van der Waals surface area contributed by atoms with Gasteiger partial charge in [0.15, 0.2) is 0 Å². The van der Waals surface area contributed by atoms with Gasteiger partial charge < -0.3 is 49.3 Å². The molecule has 270 valence electrons. The summed E-state index contributed by atoms with van der Waals surface area (Å²) in [6, 6.07) is 0.564. The molecule has 14 nitrogen and oxygen atoms in total. The number of halogens is 4. The van der Waals surface area contributed by atoms with Crippen molar-refractivity contribution in [1.82, 2.24) is 0 Å². The molecule has 0 bridgehead atoms. The number of methoxy groups -OCH3 is 1. The van der Waals surface area contributed by atoms with Crippen molar-refractivity contribution in [2.75, 3.05) is 84.3 Å². The zero-order chi connectivity index (χ0) is 34.8. The second-order valence-corrected chi connectivity index (χ2v) is 18.9. The molecule has 0 aliphatic carbocycles. The first kappa shape index (κ1) is 44.4. The molecule has 0 aliphatic rings. The zero-order valence-electron chi connectivity index (χ0n) is 27.8. The maximum atomic E-state index is 14.3. The van der Waals surface area contributed by atoms with E-state index in [4.69, 9.17) is 49.3 Å². The molecular weight excluding hydrogens is 673 g/mol. The quantitative estimate of drug-likeness (QED) is 0.0503. The molecule has 0 saturated carbocycles. The Labute approximate surface area is 266 Å². The zero-order valence-corrected chi connectivity index (χ0v) is 30.8. The maximum absolute atomic E-state index is 14.3. The van der Waals surface area contributed by atoms with Crippen molar-refractivity contribution in [1.29, 1.82) is 0 Å². The van der Waals surface area contributed by atoms with Crippen LogP contribution in [0.1, 0.15) is 32.1 Å². The van der Waals surface area contributed by atoms with Crippen LogP contribution in [0.3, 0.4) is 0 Å². The van der Waals surface area contributed by atoms with Crippen LogP contribution in [0, 0.1) is 0 Å². The van der Waals surface area contributed by atoms with Crippen molar-refractivity contribution in [2.24, 2.45) is 0 Å². The molecule has 0 aromatic rings. The molecule has 0 spiro atoms. The summed E-state index contributed by atoms with van der Waals surface area (Å²) in [6.45, 7) is -2.22. The van der Waals surface area contributed by atoms with Crippen LogP contribution in [0.5, 0.6) is 0 Å². The Morgan fingerprint density at radius 3 is 1.31 bits per heavy atom. The topological polar surface area (TPSA) is 137 Å². The van der Waals surface area contributed by atoms with E-state index < -0.39 is 63.6 Å². The minimum absolute atomic E-state index is 0.0460. The first-order valence-electron chi connectivity index (χ1n) is 13.8. The molecule has 0 saturated heterocycles. The fraction of sp³-hybridized carbons (Fsp3) is 0.958. The van der Waals surface area contributed by atoms with Gasteiger partial charge in [-0.15, -0.1) is 8.78 Å². The van der Waals surface area contributed by atoms with Gasteiger partial charge in [-0.1, -0.05) is 0 Å². The number of esters is 1. The lowest BCUT2D eigenvalue weighted by Crippen LogP contribution is -2.47. The fourth-order valence-electron chi connectivity index (χ4n) is 4.47. The highest BCUT2D eigenvalue weighted by molar-refractivity contribution is 6.61. The highest BCUT2D eigenvalue weighted by Gasteiger charge is 2.47. The molecule has 0 aliphatic heterocycles. The van der Waals surface area contributed by atoms with Crippen molar-refractivity contribution < 1.29 is 81.1 Å². The van der Waals surface area contributed by atoms with Crippen LogP contribution in [0.2, 0.25) is 18.1 Å². The van der Waals surface area contributed by atoms with Gasteiger partial charge in [0, 0.05) is 95.7 Å². The van der Waals surface area contributed by atoms with Crippen LogP contribution in [0.15, 0.2) is 0 Å². The molecule has 0 heterocycles. The van der Waals surface area contributed by atoms with E-state index in [1.165, 1.54) is 64.0 Å². The van der Waals surface area contributed by atoms with Crippen molar-refractivity contribution in [3.63, 3.8) is 0 Å². The number of hydrogen-bond acceptors (Lipinski definition) is 14. The summed E-state index contributed by atoms with van der Waals surface area (Å²) in [5.41, 5.74) is -1.56. The average molecular weight is 723 g/mol. The molecule has 0 unspecified atom stereocenters. The summed E-state index contributed by atoms with van der Waals surface area (Å²) < 4.78 is 122. The van der Waals surface area contributed by atoms with Crippen molar-refractivity contribution in [2.45, 2.75) is 68.2 Å². The molecule has 21 heteroatoms. The van der Waals surface area contributed by atoms with E-state index in [-0.39, 0.29) is 50.2 Å². The Morgan fingerprint density at radius 1 is 0.578 bits per heavy atom. The highest BCUT2D eigenvalue weighted by atomic mass is 28.4. The van der Waals surface area contributed by atoms with Crippen molar-refractivity contribution in [3.8, 4) is 0 Å². The van der Waals surface area contributed by atoms with Gasteiger partial charge in [-0.25, -0.2) is 4.74 Å². The largest absolute Gasteiger partial charge is 0.500 e. The summed E-state index contributed by atoms with van der Waals surface area (Å²) in [4.78, 5) is 13.3. The lowest BCUT2D eigenvalue weighted by molar-refractivity contribution is -0.466. The van der Waals surface area contributed by atoms with Gasteiger partial charge in [0.2, 0.25) is 0 Å². The number of carbonyl (C=O) groups excluding carboxylic acids is 1. The van der Waals surface area contributed by atoms with Crippen LogP contribution in [-0.2, 0) is 63.6 Å². The predicted molar refractivity (Wildman–Crippen MR) is 155 cm³/mol. The third-order valence-corrected chi connectivity index (χ3v) is 15.5. The SMILES string of the molecule is COC(F)(F)OC(F)(F)COCC(CCC[Si](OC)(OC)OC)(CCC[Si](OC)(OC)OC)OC(=O)CC[Si](OC)(OC)OC. The van der Waals surface area contributed by atoms with Crippen LogP contribution >= 0.6 is 0 Å². The normalized spacial score (nSPS) is 13.8. The lowest BCUT2D eigenvalue weighted by atomic mass is 9.93. The summed E-state index contributed by atoms with van der Waals surface area (Å²) in [7, 11) is 3.83. The van der Waals surface area contributed by atoms with E-state index in [1.807, 2.05) is 0 Å². The Morgan fingerprint density at radius 2 is 0.956 bits per heavy atom. The number of alkyl halides is 4. The first-order chi connectivity index (χ1) is 21.0. The maximum Gasteiger partial charge on any atom is 0.500 e. The van der Waals surface area contributed by atoms with E-state index in [2.05, 4.69) is 9.47 Å². The van der Waals surface area contributed by atoms with E-state index >= 15 is 0 Å². The minimum atomic E-state index is -4.57. The first-order valence-corrected chi connectivity index (χ1v) is 19.6. The smallest absolute Gasteiger partial charge is 0.457 e. The standard InChI is InChI=1S/C24H50F4O14Si3/c1-30-24(27,28)42-23(25,26)20-40-19-22(14-11-16-43(31-2,32-3)33-4,15-12-17-44(34-5,35-6)36-7)41-21(29)13-18-45(37-8,38-9)39-10/h11-20H2,1-10H3. The number of ether oxygens (including phenoxy) is 4. The molecular formula is C24H50F4O14Si3. The molecule has 0 aromatic heterocycles. The Bertz CT molecular complexity index is 771. The van der Waals surface area contributed by atoms with Crippen LogP contribution in [0.25, 0.3) is 0 Å². The third-order valence-electron chi connectivity index (χ3n) is 7.14. The summed E-state index contributed by atoms with van der Waals surface area (Å²) in [5.74, 6) is -0.738. The van der Waals surface area contributed by atoms with Crippen molar-refractivity contribution in [3.05, 3.63) is 0 Å². The van der Waals surface area contributed by atoms with E-state index in [1.54, 1.807) is 0 Å². The second kappa shape index (κ2) is 20.7. The van der Waals surface area contributed by atoms with Gasteiger partial charge >= 0.3 is 44.8 Å². The highest BCUT2D eigenvalue weighted by Crippen LogP contribution is 2.33. The van der Waals surface area contributed by atoms with E-state index in [0.717, 1.165) is 0 Å². The van der Waals surface area contributed by atoms with Gasteiger partial charge in [0.25, 0.3) is 0 Å². The molecule has 0 rings (SSSR count). The molecule has 0 atom stereocenters. The van der Waals surface area contributed by atoms with Gasteiger partial charge in [0.1, 0.15) is 12.2 Å². The van der Waals surface area contributed by atoms with E-state index in [9.17, 15) is 22.4 Å². The summed E-state index contributed by atoms with van der Waals surface area (Å²) in [6.07, 6.45) is -8.62. The predicted octanol–water partition coefficient (Wildman–Crippen LogP) is 3.68. The van der Waals surface area contributed by atoms with Gasteiger partial charge in [-0.2, -0.15) is 8.78 Å². The lowest BCUT2D eigenvalue weighted by Gasteiger charge is -2.36. The minimum Gasteiger partial charge on any atom is -0.457 e. The second-order valence-electron chi connectivity index (χ2n) is 9.65. The number of carbonyl (C=O) groups is 1. The van der Waals surface area contributed by atoms with Crippen LogP contribution in [0.4, 0.5) is 17.6 Å². The van der Waals surface area contributed by atoms with Crippen LogP contribution in [-0.4, -0.2) is 135 Å². The van der Waals surface area contributed by atoms with Gasteiger partial charge in [-0.05, 0) is 25.7 Å². The molecule has 0 aromatic carbocycles. The Kier molecular flexibility index (Phi) is 20.4. The van der Waals surface area contributed by atoms with E-state index in [0.29, 0.717) is 7.11 Å². The molecule has 0 radical (unpaired) electrons. The number of hydrogen-bond donors (Lipinski definition) is 0. The average Bonchev–Trinajstić information content (AvgIpc) is 3.02. The number of rotatable bonds is 28. The van der Waals surface area contributed by atoms with Gasteiger partial charge in [-0.3, -0.25) is 9.53 Å². The molecule has 0 amide bonds. The fourth-order valence-corrected chi connectivity index (χ4v) is 9.54. The Hall–Kier alpha value is -0.639. The van der Waals surface area contributed by atoms with Gasteiger partial charge in [0.05, 0.1) is 6.61 Å². The monoisotopic (exact) mass is 722 g/mol. The third kappa shape index (κ3) is 15.0. The molecule has 45 heavy (non-hydrogen) atoms. The molecule has 0 fully saturated rings. The van der Waals surface area contributed by atoms with Crippen molar-refractivity contribution >= 4 is 32.4 Å². The van der Waals surface area contributed by atoms with Crippen LogP contribution < -0.4 is 0 Å². The summed E-state index contributed by atoms with van der Waals surface area (Å²) in [5, 5.41) is 0. The molecule has 0 N–H and O–H groups in total.